The number of likely N-dealkylation sites (tertiary alicyclic amines) is 1. The Morgan fingerprint density at radius 1 is 1.42 bits per heavy atom. The van der Waals surface area contributed by atoms with Gasteiger partial charge in [-0.15, -0.1) is 24.0 Å². The molecular weight excluding hydrogens is 426 g/mol. The first-order valence-corrected chi connectivity index (χ1v) is 7.62. The Kier molecular flexibility index (Phi) is 8.98. The average Bonchev–Trinajstić information content (AvgIpc) is 2.99. The topological polar surface area (TPSA) is 66.0 Å². The third-order valence-corrected chi connectivity index (χ3v) is 3.73. The summed E-state index contributed by atoms with van der Waals surface area (Å²) in [6.45, 7) is 2.61. The van der Waals surface area contributed by atoms with Crippen LogP contribution in [-0.4, -0.2) is 57.2 Å². The molecule has 1 aromatic rings. The van der Waals surface area contributed by atoms with Gasteiger partial charge >= 0.3 is 0 Å². The van der Waals surface area contributed by atoms with E-state index in [1.54, 1.807) is 14.2 Å². The van der Waals surface area contributed by atoms with E-state index in [4.69, 9.17) is 4.74 Å². The summed E-state index contributed by atoms with van der Waals surface area (Å²) in [5.74, 6) is 0.663. The van der Waals surface area contributed by atoms with E-state index in [9.17, 15) is 9.18 Å². The summed E-state index contributed by atoms with van der Waals surface area (Å²) < 4.78 is 18.0. The van der Waals surface area contributed by atoms with E-state index >= 15 is 0 Å². The van der Waals surface area contributed by atoms with Crippen molar-refractivity contribution in [2.75, 3.05) is 45.7 Å². The zero-order chi connectivity index (χ0) is 16.7. The Bertz CT molecular complexity index is 554. The maximum Gasteiger partial charge on any atom is 0.243 e. The van der Waals surface area contributed by atoms with Crippen molar-refractivity contribution in [3.63, 3.8) is 0 Å². The number of carbonyl (C=O) groups is 1. The van der Waals surface area contributed by atoms with Crippen LogP contribution < -0.4 is 10.6 Å². The number of halogens is 2. The largest absolute Gasteiger partial charge is 0.384 e. The minimum Gasteiger partial charge on any atom is -0.384 e. The van der Waals surface area contributed by atoms with Gasteiger partial charge in [0.25, 0.3) is 0 Å². The van der Waals surface area contributed by atoms with Crippen LogP contribution >= 0.6 is 24.0 Å². The number of nitrogens with zero attached hydrogens (tertiary/aromatic N) is 2. The van der Waals surface area contributed by atoms with Crippen LogP contribution in [0.5, 0.6) is 0 Å². The summed E-state index contributed by atoms with van der Waals surface area (Å²) in [6.07, 6.45) is 1.05. The zero-order valence-electron chi connectivity index (χ0n) is 13.9. The van der Waals surface area contributed by atoms with E-state index in [1.165, 1.54) is 24.3 Å². The van der Waals surface area contributed by atoms with Crippen molar-refractivity contribution < 1.29 is 13.9 Å². The number of methoxy groups -OCH3 is 1. The highest BCUT2D eigenvalue weighted by Gasteiger charge is 2.24. The van der Waals surface area contributed by atoms with Gasteiger partial charge in [-0.1, -0.05) is 0 Å². The van der Waals surface area contributed by atoms with Gasteiger partial charge in [-0.05, 0) is 30.7 Å². The molecule has 1 unspecified atom stereocenters. The van der Waals surface area contributed by atoms with Gasteiger partial charge in [-0.2, -0.15) is 0 Å². The molecule has 1 saturated heterocycles. The number of ether oxygens (including phenoxy) is 1. The summed E-state index contributed by atoms with van der Waals surface area (Å²) in [6, 6.07) is 5.67. The molecule has 0 aliphatic carbocycles. The third-order valence-electron chi connectivity index (χ3n) is 3.73. The van der Waals surface area contributed by atoms with Crippen LogP contribution in [0.4, 0.5) is 10.1 Å². The molecule has 1 aliphatic heterocycles. The van der Waals surface area contributed by atoms with E-state index in [1.807, 2.05) is 0 Å². The molecule has 1 amide bonds. The van der Waals surface area contributed by atoms with Gasteiger partial charge in [0.1, 0.15) is 5.82 Å². The lowest BCUT2D eigenvalue weighted by atomic mass is 10.1. The molecule has 6 nitrogen and oxygen atoms in total. The Morgan fingerprint density at radius 2 is 2.12 bits per heavy atom. The summed E-state index contributed by atoms with van der Waals surface area (Å²) in [4.78, 5) is 18.3. The Labute approximate surface area is 158 Å². The van der Waals surface area contributed by atoms with Crippen LogP contribution in [0.3, 0.4) is 0 Å². The van der Waals surface area contributed by atoms with Gasteiger partial charge in [-0.3, -0.25) is 9.79 Å². The Morgan fingerprint density at radius 3 is 2.75 bits per heavy atom. The first-order chi connectivity index (χ1) is 11.1. The fourth-order valence-corrected chi connectivity index (χ4v) is 2.63. The molecule has 0 radical (unpaired) electrons. The minimum absolute atomic E-state index is 0. The molecule has 1 atom stereocenters. The highest BCUT2D eigenvalue weighted by molar-refractivity contribution is 14.0. The zero-order valence-corrected chi connectivity index (χ0v) is 16.2. The van der Waals surface area contributed by atoms with Crippen LogP contribution in [0.1, 0.15) is 6.42 Å². The number of hydrogen-bond donors (Lipinski definition) is 2. The van der Waals surface area contributed by atoms with E-state index in [2.05, 4.69) is 20.5 Å². The normalized spacial score (nSPS) is 17.4. The van der Waals surface area contributed by atoms with Gasteiger partial charge in [-0.25, -0.2) is 4.39 Å². The molecule has 0 aromatic heterocycles. The van der Waals surface area contributed by atoms with Crippen LogP contribution in [0.15, 0.2) is 29.3 Å². The van der Waals surface area contributed by atoms with Crippen LogP contribution in [0.2, 0.25) is 0 Å². The second-order valence-corrected chi connectivity index (χ2v) is 5.51. The molecule has 1 fully saturated rings. The fourth-order valence-electron chi connectivity index (χ4n) is 2.63. The molecule has 1 aromatic carbocycles. The van der Waals surface area contributed by atoms with Crippen molar-refractivity contribution in [3.8, 4) is 0 Å². The molecule has 8 heteroatoms. The SMILES string of the molecule is CN=C(NCC(=O)Nc1ccc(F)cc1)N1CCC(COC)C1.I. The maximum absolute atomic E-state index is 12.8. The molecular formula is C16H24FIN4O2. The van der Waals surface area contributed by atoms with Gasteiger partial charge in [0.15, 0.2) is 5.96 Å². The second-order valence-electron chi connectivity index (χ2n) is 5.51. The summed E-state index contributed by atoms with van der Waals surface area (Å²) in [7, 11) is 3.40. The smallest absolute Gasteiger partial charge is 0.243 e. The van der Waals surface area contributed by atoms with Gasteiger partial charge in [0, 0.05) is 38.9 Å². The lowest BCUT2D eigenvalue weighted by Crippen LogP contribution is -2.43. The van der Waals surface area contributed by atoms with Crippen molar-refractivity contribution in [1.82, 2.24) is 10.2 Å². The predicted molar refractivity (Wildman–Crippen MR) is 103 cm³/mol. The number of benzene rings is 1. The van der Waals surface area contributed by atoms with Gasteiger partial charge in [0.05, 0.1) is 13.2 Å². The van der Waals surface area contributed by atoms with Crippen LogP contribution in [0, 0.1) is 11.7 Å². The van der Waals surface area contributed by atoms with Gasteiger partial charge < -0.3 is 20.3 Å². The van der Waals surface area contributed by atoms with E-state index in [0.29, 0.717) is 17.6 Å². The Balaban J connectivity index is 0.00000288. The van der Waals surface area contributed by atoms with Crippen molar-refractivity contribution in [1.29, 1.82) is 0 Å². The van der Waals surface area contributed by atoms with Gasteiger partial charge in [0.2, 0.25) is 5.91 Å². The second kappa shape index (κ2) is 10.4. The van der Waals surface area contributed by atoms with Crippen molar-refractivity contribution in [2.24, 2.45) is 10.9 Å². The molecule has 1 aliphatic rings. The predicted octanol–water partition coefficient (Wildman–Crippen LogP) is 1.93. The summed E-state index contributed by atoms with van der Waals surface area (Å²) in [5.41, 5.74) is 0.564. The molecule has 0 bridgehead atoms. The first-order valence-electron chi connectivity index (χ1n) is 7.62. The molecule has 2 rings (SSSR count). The number of aliphatic imine (C=N–C) groups is 1. The van der Waals surface area contributed by atoms with Crippen LogP contribution in [-0.2, 0) is 9.53 Å². The standard InChI is InChI=1S/C16H23FN4O2.HI/c1-18-16(21-8-7-12(10-21)11-23-2)19-9-15(22)20-14-5-3-13(17)4-6-14;/h3-6,12H,7-11H2,1-2H3,(H,18,19)(H,20,22);1H. The number of rotatable bonds is 5. The minimum atomic E-state index is -0.332. The van der Waals surface area contributed by atoms with Crippen molar-refractivity contribution >= 4 is 41.5 Å². The molecule has 1 heterocycles. The average molecular weight is 450 g/mol. The number of carbonyl (C=O) groups excluding carboxylic acids is 1. The van der Waals surface area contributed by atoms with E-state index < -0.39 is 0 Å². The van der Waals surface area contributed by atoms with Crippen molar-refractivity contribution in [2.45, 2.75) is 6.42 Å². The molecule has 134 valence electrons. The number of anilines is 1. The van der Waals surface area contributed by atoms with Crippen molar-refractivity contribution in [3.05, 3.63) is 30.1 Å². The van der Waals surface area contributed by atoms with Crippen LogP contribution in [0.25, 0.3) is 0 Å². The number of hydrogen-bond acceptors (Lipinski definition) is 3. The number of amides is 1. The highest BCUT2D eigenvalue weighted by atomic mass is 127. The number of guanidine groups is 1. The molecule has 0 spiro atoms. The Hall–Kier alpha value is -1.42. The number of nitrogens with one attached hydrogen (secondary N) is 2. The van der Waals surface area contributed by atoms with E-state index in [0.717, 1.165) is 26.1 Å². The molecule has 24 heavy (non-hydrogen) atoms. The summed E-state index contributed by atoms with van der Waals surface area (Å²) >= 11 is 0. The molecule has 0 saturated carbocycles. The maximum atomic E-state index is 12.8. The first kappa shape index (κ1) is 20.6. The lowest BCUT2D eigenvalue weighted by Gasteiger charge is -2.21. The highest BCUT2D eigenvalue weighted by Crippen LogP contribution is 2.16. The fraction of sp³-hybridized carbons (Fsp3) is 0.500. The lowest BCUT2D eigenvalue weighted by molar-refractivity contribution is -0.115. The third kappa shape index (κ3) is 6.23. The summed E-state index contributed by atoms with van der Waals surface area (Å²) in [5, 5.41) is 5.76. The molecule has 2 N–H and O–H groups in total. The monoisotopic (exact) mass is 450 g/mol. The van der Waals surface area contributed by atoms with E-state index in [-0.39, 0.29) is 42.2 Å². The quantitative estimate of drug-likeness (QED) is 0.409.